The van der Waals surface area contributed by atoms with Gasteiger partial charge in [-0.25, -0.2) is 0 Å². The van der Waals surface area contributed by atoms with E-state index in [0.717, 1.165) is 22.3 Å². The van der Waals surface area contributed by atoms with E-state index in [4.69, 9.17) is 0 Å². The Labute approximate surface area is 112 Å². The first-order chi connectivity index (χ1) is 7.97. The molecule has 1 atom stereocenters. The number of rotatable bonds is 5. The molecule has 0 heterocycles. The Morgan fingerprint density at radius 2 is 2.06 bits per heavy atom. The van der Waals surface area contributed by atoms with E-state index >= 15 is 0 Å². The maximum atomic E-state index is 9.83. The van der Waals surface area contributed by atoms with Crippen LogP contribution in [0.2, 0.25) is 0 Å². The van der Waals surface area contributed by atoms with Crippen molar-refractivity contribution in [3.63, 3.8) is 0 Å². The molecule has 0 aliphatic rings. The van der Waals surface area contributed by atoms with Gasteiger partial charge < -0.3 is 10.0 Å². The van der Waals surface area contributed by atoms with E-state index in [9.17, 15) is 5.11 Å². The minimum atomic E-state index is -0.468. The van der Waals surface area contributed by atoms with Gasteiger partial charge >= 0.3 is 0 Å². The summed E-state index contributed by atoms with van der Waals surface area (Å²) in [6.07, 6.45) is 1.41. The Hall–Kier alpha value is -0.800. The van der Waals surface area contributed by atoms with Gasteiger partial charge in [0.05, 0.1) is 6.10 Å². The number of hydrogen-bond donors (Lipinski definition) is 1. The SMILES string of the molecule is C=CCN(c1cc(Br)ccc1C(C)O)C(C)C. The third-order valence-electron chi connectivity index (χ3n) is 2.70. The molecule has 2 nitrogen and oxygen atoms in total. The molecule has 0 amide bonds. The van der Waals surface area contributed by atoms with Gasteiger partial charge in [0, 0.05) is 28.3 Å². The maximum absolute atomic E-state index is 9.83. The van der Waals surface area contributed by atoms with Crippen LogP contribution in [0.1, 0.15) is 32.4 Å². The third-order valence-corrected chi connectivity index (χ3v) is 3.19. The highest BCUT2D eigenvalue weighted by Crippen LogP contribution is 2.30. The van der Waals surface area contributed by atoms with Crippen molar-refractivity contribution in [1.29, 1.82) is 0 Å². The molecule has 0 saturated heterocycles. The molecule has 1 N–H and O–H groups in total. The predicted molar refractivity (Wildman–Crippen MR) is 77.5 cm³/mol. The molecule has 17 heavy (non-hydrogen) atoms. The van der Waals surface area contributed by atoms with Gasteiger partial charge in [-0.2, -0.15) is 0 Å². The molecule has 0 radical (unpaired) electrons. The van der Waals surface area contributed by atoms with Crippen LogP contribution in [0.5, 0.6) is 0 Å². The lowest BCUT2D eigenvalue weighted by Gasteiger charge is -2.30. The highest BCUT2D eigenvalue weighted by Gasteiger charge is 2.16. The summed E-state index contributed by atoms with van der Waals surface area (Å²) < 4.78 is 1.02. The van der Waals surface area contributed by atoms with Crippen molar-refractivity contribution in [2.75, 3.05) is 11.4 Å². The van der Waals surface area contributed by atoms with Crippen molar-refractivity contribution in [3.05, 3.63) is 40.9 Å². The zero-order valence-corrected chi connectivity index (χ0v) is 12.2. The fraction of sp³-hybridized carbons (Fsp3) is 0.429. The number of aliphatic hydroxyl groups excluding tert-OH is 1. The van der Waals surface area contributed by atoms with Crippen LogP contribution in [-0.4, -0.2) is 17.7 Å². The van der Waals surface area contributed by atoms with Crippen molar-refractivity contribution in [2.45, 2.75) is 32.9 Å². The first-order valence-corrected chi connectivity index (χ1v) is 6.61. The van der Waals surface area contributed by atoms with Crippen LogP contribution in [0, 0.1) is 0 Å². The van der Waals surface area contributed by atoms with Gasteiger partial charge in [0.1, 0.15) is 0 Å². The molecule has 0 bridgehead atoms. The topological polar surface area (TPSA) is 23.5 Å². The summed E-state index contributed by atoms with van der Waals surface area (Å²) in [6, 6.07) is 6.33. The van der Waals surface area contributed by atoms with Gasteiger partial charge in [-0.05, 0) is 32.9 Å². The first-order valence-electron chi connectivity index (χ1n) is 5.82. The summed E-state index contributed by atoms with van der Waals surface area (Å²) in [5.74, 6) is 0. The van der Waals surface area contributed by atoms with E-state index in [1.807, 2.05) is 24.3 Å². The minimum Gasteiger partial charge on any atom is -0.389 e. The Morgan fingerprint density at radius 3 is 2.53 bits per heavy atom. The molecule has 0 aliphatic heterocycles. The van der Waals surface area contributed by atoms with Gasteiger partial charge in [0.15, 0.2) is 0 Å². The number of nitrogens with zero attached hydrogens (tertiary/aromatic N) is 1. The molecule has 0 aromatic heterocycles. The van der Waals surface area contributed by atoms with Crippen molar-refractivity contribution in [3.8, 4) is 0 Å². The van der Waals surface area contributed by atoms with Crippen molar-refractivity contribution >= 4 is 21.6 Å². The summed E-state index contributed by atoms with van der Waals surface area (Å²) in [4.78, 5) is 2.22. The fourth-order valence-corrected chi connectivity index (χ4v) is 2.19. The Balaban J connectivity index is 3.23. The molecule has 3 heteroatoms. The van der Waals surface area contributed by atoms with Gasteiger partial charge in [-0.15, -0.1) is 6.58 Å². The summed E-state index contributed by atoms with van der Waals surface area (Å²) >= 11 is 3.48. The molecule has 0 spiro atoms. The van der Waals surface area contributed by atoms with E-state index in [2.05, 4.69) is 41.3 Å². The normalized spacial score (nSPS) is 12.6. The third kappa shape index (κ3) is 3.58. The minimum absolute atomic E-state index is 0.361. The van der Waals surface area contributed by atoms with Crippen LogP contribution in [0.25, 0.3) is 0 Å². The lowest BCUT2D eigenvalue weighted by atomic mass is 10.1. The second-order valence-electron chi connectivity index (χ2n) is 4.41. The van der Waals surface area contributed by atoms with E-state index in [0.29, 0.717) is 6.04 Å². The molecule has 0 fully saturated rings. The fourth-order valence-electron chi connectivity index (χ4n) is 1.85. The Morgan fingerprint density at radius 1 is 1.41 bits per heavy atom. The monoisotopic (exact) mass is 297 g/mol. The number of aliphatic hydroxyl groups is 1. The average Bonchev–Trinajstić information content (AvgIpc) is 2.24. The summed E-state index contributed by atoms with van der Waals surface area (Å²) in [5.41, 5.74) is 2.01. The smallest absolute Gasteiger partial charge is 0.0782 e. The summed E-state index contributed by atoms with van der Waals surface area (Å²) in [5, 5.41) is 9.83. The lowest BCUT2D eigenvalue weighted by Crippen LogP contribution is -2.31. The molecule has 0 aliphatic carbocycles. The van der Waals surface area contributed by atoms with Crippen molar-refractivity contribution in [2.24, 2.45) is 0 Å². The van der Waals surface area contributed by atoms with Crippen LogP contribution < -0.4 is 4.90 Å². The predicted octanol–water partition coefficient (Wildman–Crippen LogP) is 3.90. The highest BCUT2D eigenvalue weighted by molar-refractivity contribution is 9.10. The second-order valence-corrected chi connectivity index (χ2v) is 5.33. The molecule has 1 unspecified atom stereocenters. The van der Waals surface area contributed by atoms with Crippen LogP contribution in [-0.2, 0) is 0 Å². The van der Waals surface area contributed by atoms with Crippen LogP contribution in [0.3, 0.4) is 0 Å². The second kappa shape index (κ2) is 6.22. The van der Waals surface area contributed by atoms with Crippen molar-refractivity contribution < 1.29 is 5.11 Å². The largest absolute Gasteiger partial charge is 0.389 e. The molecule has 94 valence electrons. The number of hydrogen-bond acceptors (Lipinski definition) is 2. The zero-order valence-electron chi connectivity index (χ0n) is 10.7. The highest BCUT2D eigenvalue weighted by atomic mass is 79.9. The van der Waals surface area contributed by atoms with Crippen LogP contribution in [0.15, 0.2) is 35.3 Å². The van der Waals surface area contributed by atoms with Crippen LogP contribution >= 0.6 is 15.9 Å². The molecule has 0 saturated carbocycles. The lowest BCUT2D eigenvalue weighted by molar-refractivity contribution is 0.199. The maximum Gasteiger partial charge on any atom is 0.0782 e. The molecule has 1 aromatic rings. The molecule has 1 rings (SSSR count). The summed E-state index contributed by atoms with van der Waals surface area (Å²) in [7, 11) is 0. The number of anilines is 1. The average molecular weight is 298 g/mol. The van der Waals surface area contributed by atoms with E-state index < -0.39 is 6.10 Å². The van der Waals surface area contributed by atoms with Crippen molar-refractivity contribution in [1.82, 2.24) is 0 Å². The van der Waals surface area contributed by atoms with Crippen LogP contribution in [0.4, 0.5) is 5.69 Å². The quantitative estimate of drug-likeness (QED) is 0.833. The zero-order chi connectivity index (χ0) is 13.0. The van der Waals surface area contributed by atoms with Gasteiger partial charge in [-0.1, -0.05) is 28.1 Å². The molecule has 1 aromatic carbocycles. The number of benzene rings is 1. The molecular formula is C14H20BrNO. The Kier molecular flexibility index (Phi) is 5.22. The standard InChI is InChI=1S/C14H20BrNO/c1-5-8-16(10(2)3)14-9-12(15)6-7-13(14)11(4)17/h5-7,9-11,17H,1,8H2,2-4H3. The van der Waals surface area contributed by atoms with Gasteiger partial charge in [0.2, 0.25) is 0 Å². The Bertz CT molecular complexity index is 388. The number of halogens is 1. The van der Waals surface area contributed by atoms with E-state index in [-0.39, 0.29) is 0 Å². The molecular weight excluding hydrogens is 278 g/mol. The van der Waals surface area contributed by atoms with Gasteiger partial charge in [0.25, 0.3) is 0 Å². The van der Waals surface area contributed by atoms with E-state index in [1.54, 1.807) is 6.92 Å². The van der Waals surface area contributed by atoms with Gasteiger partial charge in [-0.3, -0.25) is 0 Å². The van der Waals surface area contributed by atoms with E-state index in [1.165, 1.54) is 0 Å². The summed E-state index contributed by atoms with van der Waals surface area (Å²) in [6.45, 7) is 10.6. The first kappa shape index (κ1) is 14.3.